The van der Waals surface area contributed by atoms with E-state index in [9.17, 15) is 4.79 Å². The second kappa shape index (κ2) is 7.92. The van der Waals surface area contributed by atoms with Crippen molar-refractivity contribution in [2.75, 3.05) is 23.3 Å². The largest absolute Gasteiger partial charge is 0.333 e. The molecule has 4 rings (SSSR count). The number of aromatic nitrogens is 7. The van der Waals surface area contributed by atoms with E-state index in [1.807, 2.05) is 0 Å². The van der Waals surface area contributed by atoms with Gasteiger partial charge in [-0.1, -0.05) is 22.3 Å². The van der Waals surface area contributed by atoms with Gasteiger partial charge in [0.05, 0.1) is 35.7 Å². The number of carbonyl (C=O) groups is 1. The van der Waals surface area contributed by atoms with Crippen LogP contribution in [0.25, 0.3) is 5.57 Å². The number of halogens is 1. The Balaban J connectivity index is 1.49. The van der Waals surface area contributed by atoms with E-state index in [4.69, 9.17) is 11.6 Å². The number of amides is 1. The zero-order chi connectivity index (χ0) is 20.4. The van der Waals surface area contributed by atoms with Gasteiger partial charge in [-0.25, -0.2) is 4.98 Å². The van der Waals surface area contributed by atoms with Gasteiger partial charge >= 0.3 is 0 Å². The van der Waals surface area contributed by atoms with Crippen molar-refractivity contribution in [1.82, 2.24) is 35.2 Å². The molecule has 11 heteroatoms. The number of tetrazole rings is 1. The topological polar surface area (TPSA) is 115 Å². The molecule has 0 fully saturated rings. The maximum atomic E-state index is 12.3. The highest BCUT2D eigenvalue weighted by atomic mass is 35.5. The van der Waals surface area contributed by atoms with Crippen LogP contribution in [0.4, 0.5) is 11.8 Å². The number of hydrogen-bond acceptors (Lipinski definition) is 8. The number of anilines is 2. The first-order valence-electron chi connectivity index (χ1n) is 8.92. The zero-order valence-corrected chi connectivity index (χ0v) is 16.6. The molecule has 0 aliphatic carbocycles. The summed E-state index contributed by atoms with van der Waals surface area (Å²) < 4.78 is 0. The highest BCUT2D eigenvalue weighted by Gasteiger charge is 2.22. The molecule has 0 saturated carbocycles. The van der Waals surface area contributed by atoms with Gasteiger partial charge in [0.1, 0.15) is 0 Å². The first kappa shape index (κ1) is 18.9. The van der Waals surface area contributed by atoms with Crippen LogP contribution in [-0.2, 0) is 7.05 Å². The average Bonchev–Trinajstić information content (AvgIpc) is 3.16. The van der Waals surface area contributed by atoms with Crippen LogP contribution in [0.15, 0.2) is 36.4 Å². The van der Waals surface area contributed by atoms with Crippen LogP contribution in [0.1, 0.15) is 29.4 Å². The van der Waals surface area contributed by atoms with Crippen LogP contribution in [0.5, 0.6) is 0 Å². The SMILES string of the molecule is CC1=C(c2cnc(NC(=O)c3ccncc3Cl)cn2)CN(c2nnn(C)n2)CC1. The summed E-state index contributed by atoms with van der Waals surface area (Å²) in [6.07, 6.45) is 6.97. The van der Waals surface area contributed by atoms with Gasteiger partial charge in [0.25, 0.3) is 11.9 Å². The van der Waals surface area contributed by atoms with Gasteiger partial charge in [-0.3, -0.25) is 14.8 Å². The molecule has 148 valence electrons. The van der Waals surface area contributed by atoms with Gasteiger partial charge in [-0.05, 0) is 30.2 Å². The highest BCUT2D eigenvalue weighted by molar-refractivity contribution is 6.34. The summed E-state index contributed by atoms with van der Waals surface area (Å²) in [5.74, 6) is 0.559. The van der Waals surface area contributed by atoms with Crippen molar-refractivity contribution < 1.29 is 4.79 Å². The number of hydrogen-bond donors (Lipinski definition) is 1. The Morgan fingerprint density at radius 3 is 2.79 bits per heavy atom. The van der Waals surface area contributed by atoms with E-state index in [-0.39, 0.29) is 10.9 Å². The quantitative estimate of drug-likeness (QED) is 0.693. The van der Waals surface area contributed by atoms with E-state index >= 15 is 0 Å². The number of carbonyl (C=O) groups excluding carboxylic acids is 1. The molecular formula is C18H18ClN9O. The predicted molar refractivity (Wildman–Crippen MR) is 107 cm³/mol. The minimum Gasteiger partial charge on any atom is -0.333 e. The molecule has 0 bridgehead atoms. The zero-order valence-electron chi connectivity index (χ0n) is 15.9. The Morgan fingerprint density at radius 2 is 2.10 bits per heavy atom. The number of nitrogens with one attached hydrogen (secondary N) is 1. The van der Waals surface area contributed by atoms with Crippen LogP contribution >= 0.6 is 11.6 Å². The summed E-state index contributed by atoms with van der Waals surface area (Å²) in [4.78, 5) is 28.5. The third-order valence-corrected chi connectivity index (χ3v) is 4.92. The predicted octanol–water partition coefficient (Wildman–Crippen LogP) is 1.98. The molecule has 3 aromatic heterocycles. The molecule has 1 aliphatic heterocycles. The lowest BCUT2D eigenvalue weighted by Crippen LogP contribution is -2.32. The average molecular weight is 412 g/mol. The molecular weight excluding hydrogens is 394 g/mol. The van der Waals surface area contributed by atoms with Gasteiger partial charge in [-0.2, -0.15) is 4.80 Å². The van der Waals surface area contributed by atoms with Crippen molar-refractivity contribution in [2.45, 2.75) is 13.3 Å². The molecule has 0 spiro atoms. The Bertz CT molecular complexity index is 1080. The van der Waals surface area contributed by atoms with Crippen LogP contribution < -0.4 is 10.2 Å². The van der Waals surface area contributed by atoms with Gasteiger partial charge in [0.2, 0.25) is 0 Å². The first-order chi connectivity index (χ1) is 14.0. The van der Waals surface area contributed by atoms with E-state index in [1.54, 1.807) is 19.3 Å². The standard InChI is InChI=1S/C18H18ClN9O/c1-11-4-6-28(18-24-26-27(2)25-18)10-13(11)15-8-22-16(9-21-15)23-17(29)12-3-5-20-7-14(12)19/h3,5,7-9H,4,6,10H2,1-2H3,(H,22,23,29). The van der Waals surface area contributed by atoms with Gasteiger partial charge < -0.3 is 10.2 Å². The number of rotatable bonds is 4. The monoisotopic (exact) mass is 411 g/mol. The number of nitrogens with zero attached hydrogens (tertiary/aromatic N) is 8. The molecule has 0 atom stereocenters. The van der Waals surface area contributed by atoms with Crippen molar-refractivity contribution in [3.8, 4) is 0 Å². The highest BCUT2D eigenvalue weighted by Crippen LogP contribution is 2.27. The fourth-order valence-corrected chi connectivity index (χ4v) is 3.23. The van der Waals surface area contributed by atoms with Gasteiger partial charge in [0, 0.05) is 25.5 Å². The normalized spacial score (nSPS) is 14.2. The summed E-state index contributed by atoms with van der Waals surface area (Å²) in [7, 11) is 1.74. The minimum atomic E-state index is -0.368. The van der Waals surface area contributed by atoms with Crippen molar-refractivity contribution in [2.24, 2.45) is 7.05 Å². The molecule has 0 saturated heterocycles. The smallest absolute Gasteiger partial charge is 0.266 e. The van der Waals surface area contributed by atoms with Gasteiger partial charge in [-0.15, -0.1) is 5.10 Å². The molecule has 1 aliphatic rings. The lowest BCUT2D eigenvalue weighted by atomic mass is 9.99. The molecule has 1 amide bonds. The van der Waals surface area contributed by atoms with Crippen molar-refractivity contribution >= 4 is 34.8 Å². The molecule has 1 N–H and O–H groups in total. The first-order valence-corrected chi connectivity index (χ1v) is 9.30. The summed E-state index contributed by atoms with van der Waals surface area (Å²) in [6, 6.07) is 1.55. The Morgan fingerprint density at radius 1 is 1.24 bits per heavy atom. The summed E-state index contributed by atoms with van der Waals surface area (Å²) in [6.45, 7) is 3.51. The van der Waals surface area contributed by atoms with Crippen LogP contribution in [0.3, 0.4) is 0 Å². The molecule has 10 nitrogen and oxygen atoms in total. The molecule has 0 radical (unpaired) electrons. The molecule has 4 heterocycles. The van der Waals surface area contributed by atoms with E-state index in [0.29, 0.717) is 23.9 Å². The van der Waals surface area contributed by atoms with Crippen molar-refractivity contribution in [1.29, 1.82) is 0 Å². The molecule has 0 aromatic carbocycles. The van der Waals surface area contributed by atoms with Gasteiger partial charge in [0.15, 0.2) is 5.82 Å². The minimum absolute atomic E-state index is 0.273. The molecule has 29 heavy (non-hydrogen) atoms. The molecule has 0 unspecified atom stereocenters. The Labute approximate surface area is 171 Å². The van der Waals surface area contributed by atoms with E-state index in [0.717, 1.165) is 24.2 Å². The Hall–Kier alpha value is -3.40. The maximum absolute atomic E-state index is 12.3. The number of pyridine rings is 1. The summed E-state index contributed by atoms with van der Waals surface area (Å²) in [5, 5.41) is 15.2. The fourth-order valence-electron chi connectivity index (χ4n) is 3.02. The van der Waals surface area contributed by atoms with Crippen molar-refractivity contribution in [3.05, 3.63) is 52.7 Å². The maximum Gasteiger partial charge on any atom is 0.266 e. The van der Waals surface area contributed by atoms with Crippen molar-refractivity contribution in [3.63, 3.8) is 0 Å². The van der Waals surface area contributed by atoms with Crippen LogP contribution in [0, 0.1) is 0 Å². The van der Waals surface area contributed by atoms with Crippen LogP contribution in [-0.4, -0.2) is 54.2 Å². The molecule has 3 aromatic rings. The van der Waals surface area contributed by atoms with Crippen LogP contribution in [0.2, 0.25) is 5.02 Å². The van der Waals surface area contributed by atoms with E-state index in [1.165, 1.54) is 29.0 Å². The second-order valence-electron chi connectivity index (χ2n) is 6.61. The lowest BCUT2D eigenvalue weighted by Gasteiger charge is -2.28. The number of aryl methyl sites for hydroxylation is 1. The fraction of sp³-hybridized carbons (Fsp3) is 0.278. The lowest BCUT2D eigenvalue weighted by molar-refractivity contribution is 0.102. The third-order valence-electron chi connectivity index (χ3n) is 4.62. The summed E-state index contributed by atoms with van der Waals surface area (Å²) in [5.41, 5.74) is 3.37. The van der Waals surface area contributed by atoms with E-state index in [2.05, 4.69) is 47.5 Å². The Kier molecular flexibility index (Phi) is 5.17. The third kappa shape index (κ3) is 4.06. The summed E-state index contributed by atoms with van der Waals surface area (Å²) >= 11 is 6.01. The second-order valence-corrected chi connectivity index (χ2v) is 7.01. The van der Waals surface area contributed by atoms with E-state index < -0.39 is 0 Å².